The Morgan fingerprint density at radius 2 is 2.22 bits per heavy atom. The molecule has 0 saturated heterocycles. The number of rotatable bonds is 6. The Bertz CT molecular complexity index is 434. The Morgan fingerprint density at radius 1 is 1.50 bits per heavy atom. The second-order valence-corrected chi connectivity index (χ2v) is 3.97. The molecule has 0 saturated carbocycles. The van der Waals surface area contributed by atoms with Crippen molar-refractivity contribution in [3.63, 3.8) is 0 Å². The number of non-ortho nitro benzene ring substituents is 1. The van der Waals surface area contributed by atoms with Gasteiger partial charge in [-0.1, -0.05) is 13.0 Å². The quantitative estimate of drug-likeness (QED) is 0.597. The van der Waals surface area contributed by atoms with Crippen LogP contribution >= 0.6 is 0 Å². The molecule has 6 nitrogen and oxygen atoms in total. The van der Waals surface area contributed by atoms with Crippen molar-refractivity contribution in [3.8, 4) is 0 Å². The SMILES string of the molecule is CCCNC(C)C(=O)Nc1cccc([N+](=O)[O-])c1. The average molecular weight is 251 g/mol. The van der Waals surface area contributed by atoms with Crippen LogP contribution in [0.1, 0.15) is 20.3 Å². The normalized spacial score (nSPS) is 11.9. The fourth-order valence-electron chi connectivity index (χ4n) is 1.40. The Morgan fingerprint density at radius 3 is 2.83 bits per heavy atom. The van der Waals surface area contributed by atoms with Crippen molar-refractivity contribution in [3.05, 3.63) is 34.4 Å². The van der Waals surface area contributed by atoms with Gasteiger partial charge in [-0.25, -0.2) is 0 Å². The standard InChI is InChI=1S/C12H17N3O3/c1-3-7-13-9(2)12(16)14-10-5-4-6-11(8-10)15(17)18/h4-6,8-9,13H,3,7H2,1-2H3,(H,14,16). The average Bonchev–Trinajstić information content (AvgIpc) is 2.36. The summed E-state index contributed by atoms with van der Waals surface area (Å²) in [5.41, 5.74) is 0.390. The number of anilines is 1. The first-order chi connectivity index (χ1) is 8.54. The molecule has 1 rings (SSSR count). The van der Waals surface area contributed by atoms with E-state index < -0.39 is 4.92 Å². The fraction of sp³-hybridized carbons (Fsp3) is 0.417. The molecule has 0 heterocycles. The number of carbonyl (C=O) groups is 1. The molecule has 1 amide bonds. The summed E-state index contributed by atoms with van der Waals surface area (Å²) in [5, 5.41) is 16.3. The van der Waals surface area contributed by atoms with Gasteiger partial charge in [0.1, 0.15) is 0 Å². The summed E-state index contributed by atoms with van der Waals surface area (Å²) in [6.45, 7) is 4.52. The topological polar surface area (TPSA) is 84.3 Å². The van der Waals surface area contributed by atoms with Crippen molar-refractivity contribution in [2.75, 3.05) is 11.9 Å². The number of hydrogen-bond donors (Lipinski definition) is 2. The van der Waals surface area contributed by atoms with Crippen LogP contribution in [0.4, 0.5) is 11.4 Å². The van der Waals surface area contributed by atoms with Crippen LogP contribution in [0.25, 0.3) is 0 Å². The monoisotopic (exact) mass is 251 g/mol. The van der Waals surface area contributed by atoms with E-state index in [2.05, 4.69) is 10.6 Å². The first kappa shape index (κ1) is 14.1. The molecule has 0 fully saturated rings. The van der Waals surface area contributed by atoms with E-state index in [0.29, 0.717) is 5.69 Å². The summed E-state index contributed by atoms with van der Waals surface area (Å²) in [4.78, 5) is 21.9. The summed E-state index contributed by atoms with van der Waals surface area (Å²) >= 11 is 0. The Balaban J connectivity index is 2.64. The van der Waals surface area contributed by atoms with Gasteiger partial charge in [-0.15, -0.1) is 0 Å². The maximum Gasteiger partial charge on any atom is 0.271 e. The van der Waals surface area contributed by atoms with E-state index in [1.54, 1.807) is 13.0 Å². The van der Waals surface area contributed by atoms with Gasteiger partial charge in [0.15, 0.2) is 0 Å². The number of carbonyl (C=O) groups excluding carboxylic acids is 1. The van der Waals surface area contributed by atoms with Crippen molar-refractivity contribution in [1.82, 2.24) is 5.32 Å². The van der Waals surface area contributed by atoms with Crippen LogP contribution in [-0.2, 0) is 4.79 Å². The van der Waals surface area contributed by atoms with E-state index in [1.807, 2.05) is 6.92 Å². The molecular weight excluding hydrogens is 234 g/mol. The lowest BCUT2D eigenvalue weighted by molar-refractivity contribution is -0.384. The van der Waals surface area contributed by atoms with Crippen molar-refractivity contribution in [2.24, 2.45) is 0 Å². The minimum absolute atomic E-state index is 0.0398. The Hall–Kier alpha value is -1.95. The van der Waals surface area contributed by atoms with Crippen LogP contribution in [0.2, 0.25) is 0 Å². The van der Waals surface area contributed by atoms with E-state index in [4.69, 9.17) is 0 Å². The van der Waals surface area contributed by atoms with Gasteiger partial charge in [-0.2, -0.15) is 0 Å². The predicted molar refractivity (Wildman–Crippen MR) is 69.5 cm³/mol. The van der Waals surface area contributed by atoms with Gasteiger partial charge >= 0.3 is 0 Å². The molecule has 0 spiro atoms. The minimum Gasteiger partial charge on any atom is -0.324 e. The molecule has 98 valence electrons. The van der Waals surface area contributed by atoms with Gasteiger partial charge in [0.25, 0.3) is 5.69 Å². The molecule has 0 bridgehead atoms. The van der Waals surface area contributed by atoms with E-state index in [1.165, 1.54) is 18.2 Å². The van der Waals surface area contributed by atoms with E-state index in [9.17, 15) is 14.9 Å². The van der Waals surface area contributed by atoms with Gasteiger partial charge in [-0.3, -0.25) is 14.9 Å². The molecule has 2 N–H and O–H groups in total. The molecule has 18 heavy (non-hydrogen) atoms. The zero-order valence-corrected chi connectivity index (χ0v) is 10.5. The number of nitro groups is 1. The van der Waals surface area contributed by atoms with Crippen LogP contribution in [0.3, 0.4) is 0 Å². The number of nitrogens with zero attached hydrogens (tertiary/aromatic N) is 1. The second kappa shape index (κ2) is 6.70. The Labute approximate surface area is 106 Å². The molecule has 0 aliphatic carbocycles. The first-order valence-corrected chi connectivity index (χ1v) is 5.83. The van der Waals surface area contributed by atoms with Crippen LogP contribution in [0.5, 0.6) is 0 Å². The lowest BCUT2D eigenvalue weighted by atomic mass is 10.2. The highest BCUT2D eigenvalue weighted by Gasteiger charge is 2.13. The van der Waals surface area contributed by atoms with Gasteiger partial charge in [0, 0.05) is 17.8 Å². The van der Waals surface area contributed by atoms with Gasteiger partial charge in [0.05, 0.1) is 11.0 Å². The van der Waals surface area contributed by atoms with Gasteiger partial charge < -0.3 is 10.6 Å². The summed E-state index contributed by atoms with van der Waals surface area (Å²) in [5.74, 6) is -0.205. The Kier molecular flexibility index (Phi) is 5.26. The third kappa shape index (κ3) is 4.14. The fourth-order valence-corrected chi connectivity index (χ4v) is 1.40. The predicted octanol–water partition coefficient (Wildman–Crippen LogP) is 1.92. The molecule has 6 heteroatoms. The molecule has 1 atom stereocenters. The lowest BCUT2D eigenvalue weighted by Gasteiger charge is -2.13. The van der Waals surface area contributed by atoms with Crippen molar-refractivity contribution in [1.29, 1.82) is 0 Å². The third-order valence-electron chi connectivity index (χ3n) is 2.42. The van der Waals surface area contributed by atoms with Crippen LogP contribution in [0.15, 0.2) is 24.3 Å². The summed E-state index contributed by atoms with van der Waals surface area (Å²) in [6, 6.07) is 5.55. The summed E-state index contributed by atoms with van der Waals surface area (Å²) in [7, 11) is 0. The third-order valence-corrected chi connectivity index (χ3v) is 2.42. The zero-order chi connectivity index (χ0) is 13.5. The molecule has 1 unspecified atom stereocenters. The number of hydrogen-bond acceptors (Lipinski definition) is 4. The van der Waals surface area contributed by atoms with E-state index in [-0.39, 0.29) is 17.6 Å². The number of nitro benzene ring substituents is 1. The second-order valence-electron chi connectivity index (χ2n) is 3.97. The maximum atomic E-state index is 11.8. The highest BCUT2D eigenvalue weighted by molar-refractivity contribution is 5.94. The molecule has 1 aromatic rings. The van der Waals surface area contributed by atoms with E-state index >= 15 is 0 Å². The summed E-state index contributed by atoms with van der Waals surface area (Å²) < 4.78 is 0. The maximum absolute atomic E-state index is 11.8. The largest absolute Gasteiger partial charge is 0.324 e. The van der Waals surface area contributed by atoms with Crippen LogP contribution < -0.4 is 10.6 Å². The van der Waals surface area contributed by atoms with E-state index in [0.717, 1.165) is 13.0 Å². The minimum atomic E-state index is -0.492. The highest BCUT2D eigenvalue weighted by atomic mass is 16.6. The molecule has 0 radical (unpaired) electrons. The molecule has 1 aromatic carbocycles. The zero-order valence-electron chi connectivity index (χ0n) is 10.5. The van der Waals surface area contributed by atoms with Crippen molar-refractivity contribution >= 4 is 17.3 Å². The number of amides is 1. The smallest absolute Gasteiger partial charge is 0.271 e. The number of nitrogens with one attached hydrogen (secondary N) is 2. The molecule has 0 aliphatic rings. The molecule has 0 aliphatic heterocycles. The van der Waals surface area contributed by atoms with Gasteiger partial charge in [-0.05, 0) is 26.0 Å². The van der Waals surface area contributed by atoms with Crippen LogP contribution in [-0.4, -0.2) is 23.4 Å². The molecular formula is C12H17N3O3. The van der Waals surface area contributed by atoms with Crippen LogP contribution in [0, 0.1) is 10.1 Å². The number of benzene rings is 1. The lowest BCUT2D eigenvalue weighted by Crippen LogP contribution is -2.38. The summed E-state index contributed by atoms with van der Waals surface area (Å²) in [6.07, 6.45) is 0.939. The highest BCUT2D eigenvalue weighted by Crippen LogP contribution is 2.17. The van der Waals surface area contributed by atoms with Crippen molar-refractivity contribution < 1.29 is 9.72 Å². The first-order valence-electron chi connectivity index (χ1n) is 5.83. The van der Waals surface area contributed by atoms with Crippen molar-refractivity contribution in [2.45, 2.75) is 26.3 Å². The van der Waals surface area contributed by atoms with Gasteiger partial charge in [0.2, 0.25) is 5.91 Å². The molecule has 0 aromatic heterocycles.